The van der Waals surface area contributed by atoms with Crippen molar-refractivity contribution in [2.24, 2.45) is 0 Å². The number of aliphatic hydroxyl groups excluding tert-OH is 1. The molecule has 0 atom stereocenters. The monoisotopic (exact) mass is 213 g/mol. The number of nitrogens with zero attached hydrogens (tertiary/aromatic N) is 3. The van der Waals surface area contributed by atoms with Crippen molar-refractivity contribution in [2.45, 2.75) is 44.3 Å². The summed E-state index contributed by atoms with van der Waals surface area (Å²) in [5.74, 6) is 0. The van der Waals surface area contributed by atoms with Gasteiger partial charge in [0.05, 0.1) is 12.2 Å². The minimum absolute atomic E-state index is 0.0550. The van der Waals surface area contributed by atoms with Gasteiger partial charge in [-0.2, -0.15) is 0 Å². The van der Waals surface area contributed by atoms with Gasteiger partial charge in [-0.15, -0.1) is 5.10 Å². The topological polar surface area (TPSA) is 50.9 Å². The Balaban J connectivity index is 1.97. The molecule has 1 fully saturated rings. The number of alkyl halides is 1. The number of aliphatic hydroxyl groups is 1. The van der Waals surface area contributed by atoms with Crippen molar-refractivity contribution in [2.75, 3.05) is 6.61 Å². The largest absolute Gasteiger partial charge is 0.396 e. The second-order valence-corrected chi connectivity index (χ2v) is 4.24. The quantitative estimate of drug-likeness (QED) is 0.814. The van der Waals surface area contributed by atoms with Crippen LogP contribution in [0.3, 0.4) is 0 Å². The Labute approximate surface area is 88.1 Å². The predicted octanol–water partition coefficient (Wildman–Crippen LogP) is 1.10. The molecular formula is C10H16FN3O. The summed E-state index contributed by atoms with van der Waals surface area (Å²) in [5.41, 5.74) is -0.372. The van der Waals surface area contributed by atoms with E-state index in [1.165, 1.54) is 0 Å². The maximum absolute atomic E-state index is 14.1. The number of halogens is 1. The first-order valence-electron chi connectivity index (χ1n) is 5.41. The van der Waals surface area contributed by atoms with Crippen molar-refractivity contribution in [3.8, 4) is 0 Å². The Morgan fingerprint density at radius 2 is 2.20 bits per heavy atom. The molecule has 0 bridgehead atoms. The summed E-state index contributed by atoms with van der Waals surface area (Å²) in [4.78, 5) is 0. The summed E-state index contributed by atoms with van der Waals surface area (Å²) in [6, 6.07) is 0. The average Bonchev–Trinajstić information content (AvgIpc) is 2.77. The average molecular weight is 213 g/mol. The molecule has 1 aliphatic carbocycles. The van der Waals surface area contributed by atoms with Crippen LogP contribution in [-0.2, 0) is 13.0 Å². The van der Waals surface area contributed by atoms with Crippen LogP contribution in [0, 0.1) is 0 Å². The number of hydrogen-bond acceptors (Lipinski definition) is 3. The standard InChI is InChI=1S/C10H16FN3O/c11-10(4-1-2-5-10)8-14-7-9(3-6-15)12-13-14/h7,15H,1-6,8H2. The van der Waals surface area contributed by atoms with Crippen LogP contribution in [0.25, 0.3) is 0 Å². The molecule has 4 nitrogen and oxygen atoms in total. The molecule has 0 saturated heterocycles. The normalized spacial score (nSPS) is 19.6. The number of aromatic nitrogens is 3. The van der Waals surface area contributed by atoms with Crippen LogP contribution in [-0.4, -0.2) is 32.4 Å². The van der Waals surface area contributed by atoms with Gasteiger partial charge in [0.15, 0.2) is 0 Å². The molecule has 1 saturated carbocycles. The van der Waals surface area contributed by atoms with E-state index in [9.17, 15) is 4.39 Å². The van der Waals surface area contributed by atoms with Crippen molar-refractivity contribution in [3.63, 3.8) is 0 Å². The SMILES string of the molecule is OCCc1cn(CC2(F)CCCC2)nn1. The van der Waals surface area contributed by atoms with Crippen molar-refractivity contribution in [1.82, 2.24) is 15.0 Å². The third-order valence-electron chi connectivity index (χ3n) is 2.90. The molecule has 0 aliphatic heterocycles. The summed E-state index contributed by atoms with van der Waals surface area (Å²) in [5, 5.41) is 16.4. The molecule has 1 heterocycles. The molecule has 0 radical (unpaired) electrons. The molecule has 15 heavy (non-hydrogen) atoms. The molecule has 0 spiro atoms. The fourth-order valence-electron chi connectivity index (χ4n) is 2.10. The van der Waals surface area contributed by atoms with E-state index in [1.807, 2.05) is 0 Å². The van der Waals surface area contributed by atoms with Gasteiger partial charge < -0.3 is 5.11 Å². The van der Waals surface area contributed by atoms with Crippen LogP contribution in [0.2, 0.25) is 0 Å². The highest BCUT2D eigenvalue weighted by molar-refractivity contribution is 4.94. The predicted molar refractivity (Wildman–Crippen MR) is 53.1 cm³/mol. The lowest BCUT2D eigenvalue weighted by Gasteiger charge is -2.17. The molecule has 0 amide bonds. The van der Waals surface area contributed by atoms with Crippen LogP contribution in [0.5, 0.6) is 0 Å². The van der Waals surface area contributed by atoms with E-state index in [4.69, 9.17) is 5.11 Å². The molecule has 1 aromatic rings. The highest BCUT2D eigenvalue weighted by Gasteiger charge is 2.34. The second kappa shape index (κ2) is 4.26. The van der Waals surface area contributed by atoms with E-state index < -0.39 is 5.67 Å². The van der Waals surface area contributed by atoms with E-state index in [1.54, 1.807) is 10.9 Å². The molecule has 1 aliphatic rings. The van der Waals surface area contributed by atoms with Crippen LogP contribution < -0.4 is 0 Å². The molecule has 84 valence electrons. The number of hydrogen-bond donors (Lipinski definition) is 1. The van der Waals surface area contributed by atoms with Gasteiger partial charge in [-0.25, -0.2) is 9.07 Å². The van der Waals surface area contributed by atoms with E-state index in [0.29, 0.717) is 25.8 Å². The van der Waals surface area contributed by atoms with Crippen molar-refractivity contribution in [3.05, 3.63) is 11.9 Å². The molecule has 5 heteroatoms. The van der Waals surface area contributed by atoms with E-state index >= 15 is 0 Å². The molecule has 1 aromatic heterocycles. The molecule has 0 unspecified atom stereocenters. The maximum atomic E-state index is 14.1. The van der Waals surface area contributed by atoms with Crippen molar-refractivity contribution < 1.29 is 9.50 Å². The lowest BCUT2D eigenvalue weighted by Crippen LogP contribution is -2.25. The first-order chi connectivity index (χ1) is 7.22. The molecular weight excluding hydrogens is 197 g/mol. The highest BCUT2D eigenvalue weighted by Crippen LogP contribution is 2.34. The molecule has 1 N–H and O–H groups in total. The van der Waals surface area contributed by atoms with Gasteiger partial charge in [0.25, 0.3) is 0 Å². The molecule has 0 aromatic carbocycles. The van der Waals surface area contributed by atoms with Crippen LogP contribution >= 0.6 is 0 Å². The third kappa shape index (κ3) is 2.53. The Morgan fingerprint density at radius 1 is 1.47 bits per heavy atom. The Kier molecular flexibility index (Phi) is 3.00. The van der Waals surface area contributed by atoms with Crippen molar-refractivity contribution >= 4 is 0 Å². The summed E-state index contributed by atoms with van der Waals surface area (Å²) in [6.45, 7) is 0.352. The summed E-state index contributed by atoms with van der Waals surface area (Å²) >= 11 is 0. The van der Waals surface area contributed by atoms with Gasteiger partial charge in [-0.1, -0.05) is 18.1 Å². The fraction of sp³-hybridized carbons (Fsp3) is 0.800. The van der Waals surface area contributed by atoms with Crippen molar-refractivity contribution in [1.29, 1.82) is 0 Å². The first-order valence-corrected chi connectivity index (χ1v) is 5.41. The minimum Gasteiger partial charge on any atom is -0.396 e. The number of rotatable bonds is 4. The third-order valence-corrected chi connectivity index (χ3v) is 2.90. The van der Waals surface area contributed by atoms with E-state index in [2.05, 4.69) is 10.3 Å². The van der Waals surface area contributed by atoms with E-state index in [0.717, 1.165) is 18.5 Å². The smallest absolute Gasteiger partial charge is 0.130 e. The van der Waals surface area contributed by atoms with Gasteiger partial charge in [-0.3, -0.25) is 0 Å². The lowest BCUT2D eigenvalue weighted by molar-refractivity contribution is 0.138. The highest BCUT2D eigenvalue weighted by atomic mass is 19.1. The van der Waals surface area contributed by atoms with Gasteiger partial charge >= 0.3 is 0 Å². The first kappa shape index (κ1) is 10.5. The second-order valence-electron chi connectivity index (χ2n) is 4.24. The minimum atomic E-state index is -1.09. The van der Waals surface area contributed by atoms with E-state index in [-0.39, 0.29) is 6.61 Å². The summed E-state index contributed by atoms with van der Waals surface area (Å²) < 4.78 is 15.6. The zero-order valence-corrected chi connectivity index (χ0v) is 8.69. The zero-order valence-electron chi connectivity index (χ0n) is 8.69. The van der Waals surface area contributed by atoms with Crippen LogP contribution in [0.1, 0.15) is 31.4 Å². The van der Waals surface area contributed by atoms with Crippen LogP contribution in [0.15, 0.2) is 6.20 Å². The Hall–Kier alpha value is -0.970. The zero-order chi connectivity index (χ0) is 10.7. The lowest BCUT2D eigenvalue weighted by atomic mass is 10.1. The van der Waals surface area contributed by atoms with Gasteiger partial charge in [0.1, 0.15) is 5.67 Å². The van der Waals surface area contributed by atoms with Gasteiger partial charge in [0, 0.05) is 19.2 Å². The fourth-order valence-corrected chi connectivity index (χ4v) is 2.10. The van der Waals surface area contributed by atoms with Gasteiger partial charge in [0.2, 0.25) is 0 Å². The Bertz CT molecular complexity index is 320. The maximum Gasteiger partial charge on any atom is 0.130 e. The van der Waals surface area contributed by atoms with Crippen LogP contribution in [0.4, 0.5) is 4.39 Å². The van der Waals surface area contributed by atoms with Gasteiger partial charge in [-0.05, 0) is 12.8 Å². The summed E-state index contributed by atoms with van der Waals surface area (Å²) in [7, 11) is 0. The summed E-state index contributed by atoms with van der Waals surface area (Å²) in [6.07, 6.45) is 5.39. The molecule has 2 rings (SSSR count). The Morgan fingerprint density at radius 3 is 2.87 bits per heavy atom.